The predicted octanol–water partition coefficient (Wildman–Crippen LogP) is 2.83. The number of amides is 1. The van der Waals surface area contributed by atoms with Crippen molar-refractivity contribution in [2.45, 2.75) is 50.9 Å². The normalized spacial score (nSPS) is 38.5. The molecule has 3 fully saturated rings. The van der Waals surface area contributed by atoms with Crippen molar-refractivity contribution in [3.63, 3.8) is 0 Å². The molecule has 1 amide bonds. The SMILES string of the molecule is CC1NC(c2cccc(F)c2)N(C2CC3CCC2C3)C1=O. The zero-order chi connectivity index (χ0) is 14.6. The lowest BCUT2D eigenvalue weighted by atomic mass is 9.93. The van der Waals surface area contributed by atoms with Gasteiger partial charge in [0.15, 0.2) is 0 Å². The van der Waals surface area contributed by atoms with Crippen molar-refractivity contribution in [3.8, 4) is 0 Å². The van der Waals surface area contributed by atoms with Gasteiger partial charge < -0.3 is 4.90 Å². The fraction of sp³-hybridized carbons (Fsp3) is 0.588. The standard InChI is InChI=1S/C17H21FN2O/c1-10-17(21)20(15-8-11-5-6-12(15)7-11)16(19-10)13-3-2-4-14(18)9-13/h2-4,9-12,15-16,19H,5-8H2,1H3. The van der Waals surface area contributed by atoms with Gasteiger partial charge in [-0.25, -0.2) is 4.39 Å². The van der Waals surface area contributed by atoms with Crippen LogP contribution in [-0.4, -0.2) is 22.9 Å². The first kappa shape index (κ1) is 13.3. The molecule has 112 valence electrons. The average Bonchev–Trinajstić information content (AvgIpc) is 3.15. The minimum absolute atomic E-state index is 0.168. The highest BCUT2D eigenvalue weighted by Gasteiger charge is 2.49. The van der Waals surface area contributed by atoms with Crippen LogP contribution in [0.1, 0.15) is 44.3 Å². The Balaban J connectivity index is 1.67. The molecule has 1 aliphatic heterocycles. The van der Waals surface area contributed by atoms with E-state index in [4.69, 9.17) is 0 Å². The summed E-state index contributed by atoms with van der Waals surface area (Å²) in [6.45, 7) is 1.90. The van der Waals surface area contributed by atoms with Crippen LogP contribution in [-0.2, 0) is 4.79 Å². The van der Waals surface area contributed by atoms with Gasteiger partial charge in [0, 0.05) is 6.04 Å². The van der Waals surface area contributed by atoms with Crippen LogP contribution in [0, 0.1) is 17.7 Å². The number of hydrogen-bond acceptors (Lipinski definition) is 2. The van der Waals surface area contributed by atoms with Crippen LogP contribution in [0.4, 0.5) is 4.39 Å². The highest BCUT2D eigenvalue weighted by molar-refractivity contribution is 5.84. The summed E-state index contributed by atoms with van der Waals surface area (Å²) in [6, 6.07) is 6.78. The van der Waals surface area contributed by atoms with E-state index in [1.54, 1.807) is 12.1 Å². The number of carbonyl (C=O) groups excluding carboxylic acids is 1. The molecule has 1 saturated heterocycles. The number of nitrogens with zero attached hydrogens (tertiary/aromatic N) is 1. The van der Waals surface area contributed by atoms with E-state index in [2.05, 4.69) is 5.32 Å². The van der Waals surface area contributed by atoms with Gasteiger partial charge in [0.2, 0.25) is 5.91 Å². The highest BCUT2D eigenvalue weighted by atomic mass is 19.1. The molecule has 1 N–H and O–H groups in total. The number of hydrogen-bond donors (Lipinski definition) is 1. The van der Waals surface area contributed by atoms with Gasteiger partial charge in [-0.15, -0.1) is 0 Å². The first-order chi connectivity index (χ1) is 10.1. The minimum Gasteiger partial charge on any atom is -0.318 e. The molecular formula is C17H21FN2O. The molecule has 2 saturated carbocycles. The summed E-state index contributed by atoms with van der Waals surface area (Å²) in [4.78, 5) is 14.6. The van der Waals surface area contributed by atoms with Crippen molar-refractivity contribution in [1.29, 1.82) is 0 Å². The molecule has 2 aliphatic carbocycles. The van der Waals surface area contributed by atoms with Crippen LogP contribution in [0.25, 0.3) is 0 Å². The monoisotopic (exact) mass is 288 g/mol. The maximum atomic E-state index is 13.5. The van der Waals surface area contributed by atoms with Gasteiger partial charge in [-0.2, -0.15) is 0 Å². The maximum absolute atomic E-state index is 13.5. The molecule has 4 heteroatoms. The Morgan fingerprint density at radius 3 is 2.81 bits per heavy atom. The Hall–Kier alpha value is -1.42. The van der Waals surface area contributed by atoms with E-state index in [-0.39, 0.29) is 23.9 Å². The Morgan fingerprint density at radius 1 is 1.29 bits per heavy atom. The lowest BCUT2D eigenvalue weighted by Crippen LogP contribution is -2.43. The van der Waals surface area contributed by atoms with Crippen molar-refractivity contribution in [2.24, 2.45) is 11.8 Å². The van der Waals surface area contributed by atoms with Gasteiger partial charge >= 0.3 is 0 Å². The van der Waals surface area contributed by atoms with E-state index in [9.17, 15) is 9.18 Å². The van der Waals surface area contributed by atoms with Crippen molar-refractivity contribution < 1.29 is 9.18 Å². The van der Waals surface area contributed by atoms with Crippen LogP contribution < -0.4 is 5.32 Å². The first-order valence-electron chi connectivity index (χ1n) is 7.97. The van der Waals surface area contributed by atoms with Crippen LogP contribution in [0.2, 0.25) is 0 Å². The largest absolute Gasteiger partial charge is 0.318 e. The predicted molar refractivity (Wildman–Crippen MR) is 77.8 cm³/mol. The van der Waals surface area contributed by atoms with Gasteiger partial charge in [-0.3, -0.25) is 10.1 Å². The lowest BCUT2D eigenvalue weighted by Gasteiger charge is -2.35. The molecular weight excluding hydrogens is 267 g/mol. The Labute approximate surface area is 124 Å². The lowest BCUT2D eigenvalue weighted by molar-refractivity contribution is -0.133. The summed E-state index contributed by atoms with van der Waals surface area (Å²) in [5.74, 6) is 1.36. The molecule has 5 unspecified atom stereocenters. The average molecular weight is 288 g/mol. The quantitative estimate of drug-likeness (QED) is 0.907. The van der Waals surface area contributed by atoms with E-state index in [0.29, 0.717) is 12.0 Å². The van der Waals surface area contributed by atoms with E-state index >= 15 is 0 Å². The molecule has 0 radical (unpaired) electrons. The summed E-state index contributed by atoms with van der Waals surface area (Å²) in [7, 11) is 0. The number of halogens is 1. The first-order valence-corrected chi connectivity index (χ1v) is 7.97. The van der Waals surface area contributed by atoms with Crippen molar-refractivity contribution in [2.75, 3.05) is 0 Å². The number of nitrogens with one attached hydrogen (secondary N) is 1. The Bertz CT molecular complexity index is 576. The van der Waals surface area contributed by atoms with Crippen molar-refractivity contribution >= 4 is 5.91 Å². The molecule has 1 aromatic carbocycles. The van der Waals surface area contributed by atoms with Gasteiger partial charge in [-0.1, -0.05) is 18.6 Å². The topological polar surface area (TPSA) is 32.3 Å². The minimum atomic E-state index is -0.241. The number of fused-ring (bicyclic) bond motifs is 2. The molecule has 0 aromatic heterocycles. The second kappa shape index (κ2) is 4.80. The molecule has 3 aliphatic rings. The van der Waals surface area contributed by atoms with Crippen molar-refractivity contribution in [1.82, 2.24) is 10.2 Å². The van der Waals surface area contributed by atoms with Gasteiger partial charge in [0.05, 0.1) is 6.04 Å². The fourth-order valence-corrected chi connectivity index (χ4v) is 4.58. The van der Waals surface area contributed by atoms with E-state index in [0.717, 1.165) is 17.9 Å². The fourth-order valence-electron chi connectivity index (χ4n) is 4.58. The molecule has 0 spiro atoms. The second-order valence-electron chi connectivity index (χ2n) is 6.83. The van der Waals surface area contributed by atoms with Crippen LogP contribution >= 0.6 is 0 Å². The van der Waals surface area contributed by atoms with Gasteiger partial charge in [0.1, 0.15) is 12.0 Å². The van der Waals surface area contributed by atoms with E-state index in [1.807, 2.05) is 17.9 Å². The highest BCUT2D eigenvalue weighted by Crippen LogP contribution is 2.49. The number of rotatable bonds is 2. The zero-order valence-corrected chi connectivity index (χ0v) is 12.3. The third-order valence-electron chi connectivity index (χ3n) is 5.53. The molecule has 5 atom stereocenters. The summed E-state index contributed by atoms with van der Waals surface area (Å²) < 4.78 is 13.5. The molecule has 21 heavy (non-hydrogen) atoms. The molecule has 2 bridgehead atoms. The van der Waals surface area contributed by atoms with Gasteiger partial charge in [-0.05, 0) is 55.7 Å². The van der Waals surface area contributed by atoms with Crippen LogP contribution in [0.5, 0.6) is 0 Å². The number of carbonyl (C=O) groups is 1. The van der Waals surface area contributed by atoms with Crippen LogP contribution in [0.3, 0.4) is 0 Å². The zero-order valence-electron chi connectivity index (χ0n) is 12.3. The van der Waals surface area contributed by atoms with Crippen LogP contribution in [0.15, 0.2) is 24.3 Å². The van der Waals surface area contributed by atoms with Crippen molar-refractivity contribution in [3.05, 3.63) is 35.6 Å². The third-order valence-corrected chi connectivity index (χ3v) is 5.53. The smallest absolute Gasteiger partial charge is 0.241 e. The Morgan fingerprint density at radius 2 is 2.14 bits per heavy atom. The second-order valence-corrected chi connectivity index (χ2v) is 6.83. The summed E-state index contributed by atoms with van der Waals surface area (Å²) >= 11 is 0. The van der Waals surface area contributed by atoms with E-state index < -0.39 is 0 Å². The van der Waals surface area contributed by atoms with Gasteiger partial charge in [0.25, 0.3) is 0 Å². The summed E-state index contributed by atoms with van der Waals surface area (Å²) in [5, 5.41) is 3.34. The third kappa shape index (κ3) is 2.08. The number of benzene rings is 1. The molecule has 1 heterocycles. The Kier molecular flexibility index (Phi) is 3.03. The molecule has 4 rings (SSSR count). The maximum Gasteiger partial charge on any atom is 0.241 e. The summed E-state index contributed by atoms with van der Waals surface area (Å²) in [6.07, 6.45) is 4.77. The molecule has 3 nitrogen and oxygen atoms in total. The summed E-state index contributed by atoms with van der Waals surface area (Å²) in [5.41, 5.74) is 0.857. The molecule has 1 aromatic rings. The van der Waals surface area contributed by atoms with E-state index in [1.165, 1.54) is 25.3 Å².